The lowest BCUT2D eigenvalue weighted by atomic mass is 10.2. The second kappa shape index (κ2) is 7.17. The zero-order valence-corrected chi connectivity index (χ0v) is 14.7. The third-order valence-corrected chi connectivity index (χ3v) is 4.71. The molecule has 0 spiro atoms. The fourth-order valence-electron chi connectivity index (χ4n) is 3.17. The lowest BCUT2D eigenvalue weighted by Crippen LogP contribution is -2.48. The average Bonchev–Trinajstić information content (AvgIpc) is 3.33. The lowest BCUT2D eigenvalue weighted by molar-refractivity contribution is 0.0626. The summed E-state index contributed by atoms with van der Waals surface area (Å²) in [6.45, 7) is 5.72. The summed E-state index contributed by atoms with van der Waals surface area (Å²) in [7, 11) is 0. The van der Waals surface area contributed by atoms with Crippen LogP contribution in [0.2, 0.25) is 0 Å². The number of rotatable bonds is 4. The smallest absolute Gasteiger partial charge is 0.257 e. The number of carbonyl (C=O) groups is 1. The molecule has 0 N–H and O–H groups in total. The van der Waals surface area contributed by atoms with E-state index in [0.29, 0.717) is 24.5 Å². The van der Waals surface area contributed by atoms with Gasteiger partial charge in [-0.15, -0.1) is 0 Å². The van der Waals surface area contributed by atoms with Gasteiger partial charge in [-0.25, -0.2) is 4.98 Å². The normalized spacial score (nSPS) is 15.3. The molecule has 1 aromatic carbocycles. The Bertz CT molecular complexity index is 863. The highest BCUT2D eigenvalue weighted by Gasteiger charge is 2.24. The molecule has 0 unspecified atom stereocenters. The van der Waals surface area contributed by atoms with Crippen molar-refractivity contribution in [3.05, 3.63) is 65.9 Å². The molecule has 26 heavy (non-hydrogen) atoms. The maximum Gasteiger partial charge on any atom is 0.257 e. The van der Waals surface area contributed by atoms with Crippen LogP contribution in [0.3, 0.4) is 0 Å². The molecule has 1 aliphatic heterocycles. The Morgan fingerprint density at radius 2 is 1.88 bits per heavy atom. The summed E-state index contributed by atoms with van der Waals surface area (Å²) in [6, 6.07) is 11.6. The van der Waals surface area contributed by atoms with Crippen LogP contribution in [0.4, 0.5) is 0 Å². The van der Waals surface area contributed by atoms with E-state index in [-0.39, 0.29) is 5.91 Å². The first-order valence-electron chi connectivity index (χ1n) is 8.76. The number of carbonyl (C=O) groups excluding carboxylic acids is 1. The van der Waals surface area contributed by atoms with Crippen LogP contribution in [0.1, 0.15) is 21.8 Å². The second-order valence-corrected chi connectivity index (χ2v) is 6.47. The Balaban J connectivity index is 1.38. The lowest BCUT2D eigenvalue weighted by Gasteiger charge is -2.34. The molecule has 1 fully saturated rings. The highest BCUT2D eigenvalue weighted by atomic mass is 16.4. The van der Waals surface area contributed by atoms with Crippen LogP contribution in [0.5, 0.6) is 0 Å². The van der Waals surface area contributed by atoms with E-state index in [4.69, 9.17) is 8.83 Å². The van der Waals surface area contributed by atoms with Crippen LogP contribution in [-0.4, -0.2) is 46.9 Å². The Hall–Kier alpha value is -2.86. The zero-order chi connectivity index (χ0) is 17.9. The highest BCUT2D eigenvalue weighted by Crippen LogP contribution is 2.22. The number of hydrogen-bond donors (Lipinski definition) is 0. The Kier molecular flexibility index (Phi) is 4.58. The Morgan fingerprint density at radius 1 is 1.12 bits per heavy atom. The van der Waals surface area contributed by atoms with Crippen molar-refractivity contribution < 1.29 is 13.6 Å². The van der Waals surface area contributed by atoms with Gasteiger partial charge in [-0.2, -0.15) is 0 Å². The molecule has 1 aliphatic rings. The van der Waals surface area contributed by atoms with E-state index in [1.54, 1.807) is 6.07 Å². The molecule has 0 aliphatic carbocycles. The molecule has 1 amide bonds. The average molecular weight is 351 g/mol. The van der Waals surface area contributed by atoms with Crippen LogP contribution in [0.25, 0.3) is 11.5 Å². The van der Waals surface area contributed by atoms with Crippen molar-refractivity contribution in [1.29, 1.82) is 0 Å². The Morgan fingerprint density at radius 3 is 2.58 bits per heavy atom. The van der Waals surface area contributed by atoms with E-state index in [9.17, 15) is 4.79 Å². The molecule has 0 saturated carbocycles. The fourth-order valence-corrected chi connectivity index (χ4v) is 3.17. The van der Waals surface area contributed by atoms with Gasteiger partial charge in [0.1, 0.15) is 12.0 Å². The third-order valence-electron chi connectivity index (χ3n) is 4.71. The zero-order valence-electron chi connectivity index (χ0n) is 14.7. The van der Waals surface area contributed by atoms with Crippen LogP contribution in [-0.2, 0) is 6.54 Å². The van der Waals surface area contributed by atoms with Crippen molar-refractivity contribution in [1.82, 2.24) is 14.8 Å². The minimum Gasteiger partial charge on any atom is -0.472 e. The highest BCUT2D eigenvalue weighted by molar-refractivity contribution is 5.93. The molecule has 3 heterocycles. The predicted octanol–water partition coefficient (Wildman–Crippen LogP) is 3.20. The van der Waals surface area contributed by atoms with Gasteiger partial charge in [0.25, 0.3) is 5.91 Å². The summed E-state index contributed by atoms with van der Waals surface area (Å²) in [4.78, 5) is 21.2. The maximum absolute atomic E-state index is 12.4. The summed E-state index contributed by atoms with van der Waals surface area (Å²) >= 11 is 0. The molecular formula is C20H21N3O3. The van der Waals surface area contributed by atoms with Crippen molar-refractivity contribution in [3.63, 3.8) is 0 Å². The minimum absolute atomic E-state index is 0.0300. The topological polar surface area (TPSA) is 62.7 Å². The number of furan rings is 1. The van der Waals surface area contributed by atoms with E-state index >= 15 is 0 Å². The molecule has 6 nitrogen and oxygen atoms in total. The van der Waals surface area contributed by atoms with Gasteiger partial charge >= 0.3 is 0 Å². The van der Waals surface area contributed by atoms with E-state index in [2.05, 4.69) is 9.88 Å². The molecule has 4 rings (SSSR count). The Labute approximate surface area is 152 Å². The second-order valence-electron chi connectivity index (χ2n) is 6.47. The van der Waals surface area contributed by atoms with Gasteiger partial charge in [0.2, 0.25) is 5.89 Å². The van der Waals surface area contributed by atoms with E-state index < -0.39 is 0 Å². The first-order chi connectivity index (χ1) is 12.7. The van der Waals surface area contributed by atoms with Crippen molar-refractivity contribution in [2.45, 2.75) is 13.5 Å². The summed E-state index contributed by atoms with van der Waals surface area (Å²) in [5.74, 6) is 1.54. The number of oxazole rings is 1. The number of nitrogens with zero attached hydrogens (tertiary/aromatic N) is 3. The SMILES string of the molecule is Cc1oc(-c2ccccc2)nc1CN1CCN(C(=O)c2ccoc2)CC1. The molecule has 0 radical (unpaired) electrons. The van der Waals surface area contributed by atoms with E-state index in [0.717, 1.165) is 36.7 Å². The number of benzene rings is 1. The van der Waals surface area contributed by atoms with Crippen LogP contribution in [0.15, 0.2) is 57.8 Å². The van der Waals surface area contributed by atoms with Gasteiger partial charge in [-0.3, -0.25) is 9.69 Å². The number of amides is 1. The summed E-state index contributed by atoms with van der Waals surface area (Å²) in [5, 5.41) is 0. The van der Waals surface area contributed by atoms with Crippen LogP contribution < -0.4 is 0 Å². The first kappa shape index (κ1) is 16.6. The summed E-state index contributed by atoms with van der Waals surface area (Å²) < 4.78 is 10.8. The monoisotopic (exact) mass is 351 g/mol. The van der Waals surface area contributed by atoms with Gasteiger partial charge in [-0.1, -0.05) is 18.2 Å². The van der Waals surface area contributed by atoms with Gasteiger partial charge < -0.3 is 13.7 Å². The quantitative estimate of drug-likeness (QED) is 0.722. The van der Waals surface area contributed by atoms with Crippen molar-refractivity contribution in [2.75, 3.05) is 26.2 Å². The number of piperazine rings is 1. The van der Waals surface area contributed by atoms with Gasteiger partial charge in [0, 0.05) is 38.3 Å². The molecular weight excluding hydrogens is 330 g/mol. The summed E-state index contributed by atoms with van der Waals surface area (Å²) in [6.07, 6.45) is 3.03. The predicted molar refractivity (Wildman–Crippen MR) is 96.6 cm³/mol. The third kappa shape index (κ3) is 3.41. The van der Waals surface area contributed by atoms with Crippen LogP contribution in [0, 0.1) is 6.92 Å². The van der Waals surface area contributed by atoms with Crippen LogP contribution >= 0.6 is 0 Å². The molecule has 6 heteroatoms. The van der Waals surface area contributed by atoms with Crippen molar-refractivity contribution in [3.8, 4) is 11.5 Å². The molecule has 0 atom stereocenters. The summed E-state index contributed by atoms with van der Waals surface area (Å²) in [5.41, 5.74) is 2.55. The van der Waals surface area contributed by atoms with Crippen molar-refractivity contribution >= 4 is 5.91 Å². The van der Waals surface area contributed by atoms with E-state index in [1.165, 1.54) is 12.5 Å². The van der Waals surface area contributed by atoms with Gasteiger partial charge in [-0.05, 0) is 25.1 Å². The number of aromatic nitrogens is 1. The van der Waals surface area contributed by atoms with Gasteiger partial charge in [0.05, 0.1) is 17.5 Å². The number of aryl methyl sites for hydroxylation is 1. The molecule has 1 saturated heterocycles. The first-order valence-corrected chi connectivity index (χ1v) is 8.76. The largest absolute Gasteiger partial charge is 0.472 e. The van der Waals surface area contributed by atoms with Gasteiger partial charge in [0.15, 0.2) is 0 Å². The molecule has 3 aromatic rings. The standard InChI is InChI=1S/C20H21N3O3/c1-15-18(21-19(26-15)16-5-3-2-4-6-16)13-22-8-10-23(11-9-22)20(24)17-7-12-25-14-17/h2-7,12,14H,8-11,13H2,1H3. The molecule has 0 bridgehead atoms. The number of hydrogen-bond acceptors (Lipinski definition) is 5. The fraction of sp³-hybridized carbons (Fsp3) is 0.300. The maximum atomic E-state index is 12.4. The molecule has 2 aromatic heterocycles. The van der Waals surface area contributed by atoms with E-state index in [1.807, 2.05) is 42.2 Å². The minimum atomic E-state index is 0.0300. The molecule has 134 valence electrons. The van der Waals surface area contributed by atoms with Crippen molar-refractivity contribution in [2.24, 2.45) is 0 Å².